The number of hydrogen-bond donors (Lipinski definition) is 1. The number of hydrogen-bond acceptors (Lipinski definition) is 1. The molecule has 2 aromatic carbocycles. The summed E-state index contributed by atoms with van der Waals surface area (Å²) in [6, 6.07) is 18.2. The molecule has 0 amide bonds. The molecule has 2 aliphatic rings. The summed E-state index contributed by atoms with van der Waals surface area (Å²) >= 11 is -1.99. The predicted molar refractivity (Wildman–Crippen MR) is 86.2 cm³/mol. The number of fused-ring (bicyclic) bond motifs is 3. The first kappa shape index (κ1) is 19.0. The second kappa shape index (κ2) is 6.54. The van der Waals surface area contributed by atoms with Crippen LogP contribution in [0.1, 0.15) is 36.1 Å². The quantitative estimate of drug-likeness (QED) is 0.661. The van der Waals surface area contributed by atoms with Crippen LogP contribution in [-0.4, -0.2) is 5.54 Å². The van der Waals surface area contributed by atoms with Crippen molar-refractivity contribution in [1.82, 2.24) is 3.80 Å². The number of nitrogens with one attached hydrogen (secondary N) is 1. The number of benzene rings is 2. The molecule has 4 rings (SSSR count). The van der Waals surface area contributed by atoms with Crippen LogP contribution < -0.4 is 28.6 Å². The first-order valence-electron chi connectivity index (χ1n) is 7.98. The molecular formula is C19H23Cl2NTi. The van der Waals surface area contributed by atoms with Gasteiger partial charge in [0.1, 0.15) is 0 Å². The smallest absolute Gasteiger partial charge is 1.00 e. The Morgan fingerprint density at radius 3 is 1.65 bits per heavy atom. The molecule has 0 bridgehead atoms. The van der Waals surface area contributed by atoms with Crippen LogP contribution in [0.4, 0.5) is 0 Å². The Balaban J connectivity index is 0.000000960. The molecule has 122 valence electrons. The molecule has 0 aromatic heterocycles. The summed E-state index contributed by atoms with van der Waals surface area (Å²) in [4.78, 5) is 0. The molecule has 23 heavy (non-hydrogen) atoms. The first-order valence-corrected chi connectivity index (χ1v) is 11.9. The second-order valence-electron chi connectivity index (χ2n) is 7.64. The molecular weight excluding hydrogens is 361 g/mol. The molecule has 1 heterocycles. The molecule has 0 spiro atoms. The molecule has 1 aliphatic carbocycles. The van der Waals surface area contributed by atoms with Crippen LogP contribution in [0.25, 0.3) is 11.1 Å². The Kier molecular flexibility index (Phi) is 5.41. The van der Waals surface area contributed by atoms with Crippen molar-refractivity contribution in [2.24, 2.45) is 0 Å². The van der Waals surface area contributed by atoms with Crippen molar-refractivity contribution in [2.75, 3.05) is 0 Å². The van der Waals surface area contributed by atoms with E-state index in [2.05, 4.69) is 73.1 Å². The zero-order chi connectivity index (χ0) is 14.7. The normalized spacial score (nSPS) is 16.1. The van der Waals surface area contributed by atoms with Crippen molar-refractivity contribution >= 4 is 0 Å². The van der Waals surface area contributed by atoms with Crippen molar-refractivity contribution in [3.8, 4) is 11.1 Å². The van der Waals surface area contributed by atoms with E-state index in [9.17, 15) is 0 Å². The van der Waals surface area contributed by atoms with Crippen molar-refractivity contribution in [3.05, 3.63) is 59.7 Å². The van der Waals surface area contributed by atoms with Gasteiger partial charge in [0.15, 0.2) is 0 Å². The summed E-state index contributed by atoms with van der Waals surface area (Å²) in [6.07, 6.45) is 0. The molecule has 1 saturated heterocycles. The third kappa shape index (κ3) is 3.27. The van der Waals surface area contributed by atoms with Gasteiger partial charge in [-0.05, 0) is 0 Å². The van der Waals surface area contributed by atoms with Gasteiger partial charge in [-0.15, -0.1) is 0 Å². The minimum Gasteiger partial charge on any atom is -1.00 e. The van der Waals surface area contributed by atoms with Gasteiger partial charge in [-0.1, -0.05) is 0 Å². The SMILES string of the molecule is CC(C)(C)[NH][Ti+2]1([CH]2c3ccccc3-c3ccccc32)[CH2][CH2]1.[Cl-].[Cl-]. The van der Waals surface area contributed by atoms with E-state index in [4.69, 9.17) is 0 Å². The van der Waals surface area contributed by atoms with Crippen molar-refractivity contribution in [2.45, 2.75) is 40.0 Å². The standard InChI is InChI=1S/C13H9.C4H10N.C2H4.2ClH.Ti/c1-3-7-12-10(5-1)9-11-6-2-4-8-13(11)12;1-4(2,3)5;1-2;;;/h1-9H;5H,1-3H3;1-2H2;2*1H;/q;-1;;;;+3/p-2. The average Bonchev–Trinajstić information content (AvgIpc) is 3.10. The van der Waals surface area contributed by atoms with Gasteiger partial charge in [0.2, 0.25) is 0 Å². The molecule has 0 atom stereocenters. The van der Waals surface area contributed by atoms with E-state index in [1.54, 1.807) is 11.1 Å². The third-order valence-corrected chi connectivity index (χ3v) is 11.9. The van der Waals surface area contributed by atoms with Crippen LogP contribution in [0.3, 0.4) is 0 Å². The Labute approximate surface area is 155 Å². The summed E-state index contributed by atoms with van der Waals surface area (Å²) in [5, 5.41) is 0. The van der Waals surface area contributed by atoms with Crippen LogP contribution in [0.5, 0.6) is 0 Å². The largest absolute Gasteiger partial charge is 1.00 e. The molecule has 1 N–H and O–H groups in total. The zero-order valence-corrected chi connectivity index (χ0v) is 16.9. The Morgan fingerprint density at radius 2 is 1.26 bits per heavy atom. The second-order valence-corrected chi connectivity index (χ2v) is 14.1. The maximum Gasteiger partial charge on any atom is -1.00 e. The van der Waals surface area contributed by atoms with Crippen LogP contribution in [0.2, 0.25) is 9.45 Å². The van der Waals surface area contributed by atoms with Gasteiger partial charge in [0, 0.05) is 0 Å². The summed E-state index contributed by atoms with van der Waals surface area (Å²) in [5.41, 5.74) is 6.38. The van der Waals surface area contributed by atoms with E-state index in [0.29, 0.717) is 4.22 Å². The van der Waals surface area contributed by atoms with Gasteiger partial charge in [-0.2, -0.15) is 0 Å². The van der Waals surface area contributed by atoms with E-state index in [0.717, 1.165) is 0 Å². The van der Waals surface area contributed by atoms with E-state index in [1.807, 2.05) is 0 Å². The van der Waals surface area contributed by atoms with E-state index >= 15 is 0 Å². The van der Waals surface area contributed by atoms with Gasteiger partial charge >= 0.3 is 131 Å². The molecule has 1 nitrogen and oxygen atoms in total. The predicted octanol–water partition coefficient (Wildman–Crippen LogP) is -0.928. The minimum absolute atomic E-state index is 0. The summed E-state index contributed by atoms with van der Waals surface area (Å²) < 4.78 is 7.73. The molecule has 1 aliphatic heterocycles. The van der Waals surface area contributed by atoms with Gasteiger partial charge in [-0.3, -0.25) is 0 Å². The van der Waals surface area contributed by atoms with Gasteiger partial charge in [0.05, 0.1) is 0 Å². The first-order chi connectivity index (χ1) is 10.0. The van der Waals surface area contributed by atoms with E-state index in [1.165, 1.54) is 20.6 Å². The van der Waals surface area contributed by atoms with E-state index < -0.39 is 16.8 Å². The Hall–Kier alpha value is -0.306. The molecule has 0 saturated carbocycles. The maximum atomic E-state index is 4.12. The third-order valence-electron chi connectivity index (χ3n) is 4.80. The monoisotopic (exact) mass is 383 g/mol. The summed E-state index contributed by atoms with van der Waals surface area (Å²) in [7, 11) is 0. The molecule has 4 heteroatoms. The zero-order valence-electron chi connectivity index (χ0n) is 13.9. The Morgan fingerprint density at radius 1 is 0.826 bits per heavy atom. The Bertz CT molecular complexity index is 659. The topological polar surface area (TPSA) is 12.0 Å². The molecule has 2 aromatic rings. The fourth-order valence-corrected chi connectivity index (χ4v) is 12.8. The fraction of sp³-hybridized carbons (Fsp3) is 0.368. The van der Waals surface area contributed by atoms with E-state index in [-0.39, 0.29) is 30.4 Å². The molecule has 0 radical (unpaired) electrons. The van der Waals surface area contributed by atoms with Gasteiger partial charge in [-0.25, -0.2) is 0 Å². The number of halogens is 2. The minimum atomic E-state index is -1.99. The average molecular weight is 384 g/mol. The number of rotatable bonds is 2. The van der Waals surface area contributed by atoms with Crippen molar-refractivity contribution < 1.29 is 41.7 Å². The summed E-state index contributed by atoms with van der Waals surface area (Å²) in [6.45, 7) is 6.97. The van der Waals surface area contributed by atoms with Gasteiger partial charge in [0.25, 0.3) is 0 Å². The molecule has 1 fully saturated rings. The summed E-state index contributed by atoms with van der Waals surface area (Å²) in [5.74, 6) is 0. The fourth-order valence-electron chi connectivity index (χ4n) is 4.12. The van der Waals surface area contributed by atoms with Crippen molar-refractivity contribution in [3.63, 3.8) is 0 Å². The van der Waals surface area contributed by atoms with Crippen molar-refractivity contribution in [1.29, 1.82) is 0 Å². The molecule has 0 unspecified atom stereocenters. The van der Waals surface area contributed by atoms with Crippen LogP contribution in [0.15, 0.2) is 48.5 Å². The van der Waals surface area contributed by atoms with Crippen LogP contribution in [0, 0.1) is 0 Å². The maximum absolute atomic E-state index is 4.12. The van der Waals surface area contributed by atoms with Crippen LogP contribution >= 0.6 is 0 Å². The van der Waals surface area contributed by atoms with Crippen LogP contribution in [-0.2, 0) is 16.8 Å². The van der Waals surface area contributed by atoms with Gasteiger partial charge < -0.3 is 24.8 Å².